The summed E-state index contributed by atoms with van der Waals surface area (Å²) < 4.78 is 32.5. The minimum absolute atomic E-state index is 0.0237. The van der Waals surface area contributed by atoms with Crippen LogP contribution in [0.25, 0.3) is 0 Å². The number of benzene rings is 2. The van der Waals surface area contributed by atoms with E-state index in [1.165, 1.54) is 29.7 Å². The third-order valence-electron chi connectivity index (χ3n) is 4.60. The van der Waals surface area contributed by atoms with Crippen molar-refractivity contribution in [3.8, 4) is 5.75 Å². The van der Waals surface area contributed by atoms with E-state index in [1.807, 2.05) is 30.3 Å². The lowest BCUT2D eigenvalue weighted by Gasteiger charge is -2.35. The Balaban J connectivity index is 1.76. The van der Waals surface area contributed by atoms with E-state index in [9.17, 15) is 18.3 Å². The largest absolute Gasteiger partial charge is 0.489 e. The molecule has 0 saturated carbocycles. The summed E-state index contributed by atoms with van der Waals surface area (Å²) in [5.41, 5.74) is 2.48. The maximum Gasteiger partial charge on any atom is 0.261 e. The molecule has 0 aromatic heterocycles. The van der Waals surface area contributed by atoms with Gasteiger partial charge in [-0.25, -0.2) is 13.9 Å². The van der Waals surface area contributed by atoms with Crippen molar-refractivity contribution in [2.75, 3.05) is 6.54 Å². The highest BCUT2D eigenvalue weighted by molar-refractivity contribution is 7.89. The van der Waals surface area contributed by atoms with Crippen molar-refractivity contribution < 1.29 is 28.3 Å². The quantitative estimate of drug-likeness (QED) is 0.492. The van der Waals surface area contributed by atoms with Crippen LogP contribution in [0.5, 0.6) is 5.75 Å². The lowest BCUT2D eigenvalue weighted by molar-refractivity contribution is -0.135. The predicted molar refractivity (Wildman–Crippen MR) is 100 cm³/mol. The number of ether oxygens (including phenoxy) is 1. The summed E-state index contributed by atoms with van der Waals surface area (Å²) in [6, 6.07) is 14.3. The molecule has 8 nitrogen and oxygen atoms in total. The molecule has 2 aromatic carbocycles. The van der Waals surface area contributed by atoms with E-state index in [2.05, 4.69) is 0 Å². The molecule has 1 amide bonds. The second kappa shape index (κ2) is 8.70. The number of carbonyl (C=O) groups is 1. The van der Waals surface area contributed by atoms with Gasteiger partial charge in [0.2, 0.25) is 10.0 Å². The number of nitrogens with zero attached hydrogens (tertiary/aromatic N) is 1. The van der Waals surface area contributed by atoms with Crippen LogP contribution in [0.2, 0.25) is 0 Å². The summed E-state index contributed by atoms with van der Waals surface area (Å²) in [5.74, 6) is -0.315. The molecule has 28 heavy (non-hydrogen) atoms. The summed E-state index contributed by atoms with van der Waals surface area (Å²) in [5, 5.41) is 18.8. The van der Waals surface area contributed by atoms with Crippen molar-refractivity contribution in [2.24, 2.45) is 0 Å². The Kier molecular flexibility index (Phi) is 6.30. The van der Waals surface area contributed by atoms with Gasteiger partial charge in [-0.2, -0.15) is 4.31 Å². The van der Waals surface area contributed by atoms with Gasteiger partial charge in [-0.05, 0) is 42.7 Å². The molecule has 3 N–H and O–H groups in total. The number of rotatable bonds is 6. The van der Waals surface area contributed by atoms with Crippen molar-refractivity contribution in [2.45, 2.75) is 36.5 Å². The summed E-state index contributed by atoms with van der Waals surface area (Å²) in [6.07, 6.45) is -0.479. The van der Waals surface area contributed by atoms with Gasteiger partial charge in [0.05, 0.1) is 11.0 Å². The van der Waals surface area contributed by atoms with Gasteiger partial charge in [-0.3, -0.25) is 10.0 Å². The summed E-state index contributed by atoms with van der Waals surface area (Å²) >= 11 is 0. The van der Waals surface area contributed by atoms with Crippen LogP contribution >= 0.6 is 0 Å². The Morgan fingerprint density at radius 1 is 1.11 bits per heavy atom. The lowest BCUT2D eigenvalue weighted by atomic mass is 10.0. The molecular weight excluding hydrogens is 384 g/mol. The standard InChI is InChI=1S/C19H22N2O6S/c22-15-6-11-18(19(23)20-24)21(12-15)28(25,26)17-9-7-16(8-10-17)27-13-14-4-2-1-3-5-14/h1-5,7-10,15,18,22,24H,6,11-13H2,(H,20,23)/t15-,18+/m0/s1. The van der Waals surface area contributed by atoms with Crippen molar-refractivity contribution in [3.05, 3.63) is 60.2 Å². The first-order valence-electron chi connectivity index (χ1n) is 8.82. The Morgan fingerprint density at radius 3 is 2.43 bits per heavy atom. The highest BCUT2D eigenvalue weighted by Gasteiger charge is 2.40. The number of amides is 1. The molecule has 1 saturated heterocycles. The molecule has 150 valence electrons. The van der Waals surface area contributed by atoms with Crippen molar-refractivity contribution in [1.82, 2.24) is 9.79 Å². The maximum absolute atomic E-state index is 13.0. The van der Waals surface area contributed by atoms with Crippen LogP contribution in [0.1, 0.15) is 18.4 Å². The van der Waals surface area contributed by atoms with Crippen molar-refractivity contribution in [1.29, 1.82) is 0 Å². The number of β-amino-alcohol motifs (C(OH)–C–C–N with tert-alkyl or cyclic N) is 1. The van der Waals surface area contributed by atoms with Gasteiger partial charge in [-0.1, -0.05) is 30.3 Å². The molecule has 0 unspecified atom stereocenters. The molecule has 2 atom stereocenters. The molecule has 2 aromatic rings. The molecule has 1 fully saturated rings. The number of aliphatic hydroxyl groups excluding tert-OH is 1. The Bertz CT molecular complexity index is 902. The predicted octanol–water partition coefficient (Wildman–Crippen LogP) is 1.28. The van der Waals surface area contributed by atoms with Gasteiger partial charge in [0.25, 0.3) is 5.91 Å². The molecule has 9 heteroatoms. The first-order chi connectivity index (χ1) is 13.4. The van der Waals surface area contributed by atoms with E-state index in [4.69, 9.17) is 9.94 Å². The Morgan fingerprint density at radius 2 is 1.79 bits per heavy atom. The van der Waals surface area contributed by atoms with E-state index >= 15 is 0 Å². The van der Waals surface area contributed by atoms with Crippen LogP contribution in [0, 0.1) is 0 Å². The number of hydroxylamine groups is 1. The van der Waals surface area contributed by atoms with Crippen LogP contribution in [-0.2, 0) is 21.4 Å². The van der Waals surface area contributed by atoms with Crippen molar-refractivity contribution >= 4 is 15.9 Å². The molecule has 1 aliphatic rings. The number of carbonyl (C=O) groups excluding carboxylic acids is 1. The third kappa shape index (κ3) is 4.50. The first-order valence-corrected chi connectivity index (χ1v) is 10.3. The highest BCUT2D eigenvalue weighted by Crippen LogP contribution is 2.27. The SMILES string of the molecule is O=C(NO)[C@H]1CC[C@H](O)CN1S(=O)(=O)c1ccc(OCc2ccccc2)cc1. The minimum atomic E-state index is -4.04. The zero-order valence-corrected chi connectivity index (χ0v) is 15.9. The van der Waals surface area contributed by atoms with Crippen LogP contribution in [-0.4, -0.2) is 47.6 Å². The van der Waals surface area contributed by atoms with Crippen LogP contribution in [0.3, 0.4) is 0 Å². The number of nitrogens with one attached hydrogen (secondary N) is 1. The summed E-state index contributed by atoms with van der Waals surface area (Å²) in [6.45, 7) is 0.136. The van der Waals surface area contributed by atoms with Gasteiger partial charge in [0, 0.05) is 6.54 Å². The monoisotopic (exact) mass is 406 g/mol. The number of piperidine rings is 1. The molecule has 0 spiro atoms. The smallest absolute Gasteiger partial charge is 0.261 e. The van der Waals surface area contributed by atoms with Crippen LogP contribution in [0.15, 0.2) is 59.5 Å². The molecule has 1 heterocycles. The van der Waals surface area contributed by atoms with Gasteiger partial charge < -0.3 is 9.84 Å². The van der Waals surface area contributed by atoms with Crippen LogP contribution in [0.4, 0.5) is 0 Å². The zero-order valence-electron chi connectivity index (χ0n) is 15.1. The van der Waals surface area contributed by atoms with Gasteiger partial charge in [0.1, 0.15) is 18.4 Å². The maximum atomic E-state index is 13.0. The fourth-order valence-corrected chi connectivity index (χ4v) is 4.76. The number of sulfonamides is 1. The Labute approximate surface area is 163 Å². The van der Waals surface area contributed by atoms with E-state index in [-0.39, 0.29) is 24.3 Å². The molecule has 1 aliphatic heterocycles. The second-order valence-electron chi connectivity index (χ2n) is 6.54. The molecule has 0 aliphatic carbocycles. The van der Waals surface area contributed by atoms with Crippen molar-refractivity contribution in [3.63, 3.8) is 0 Å². The van der Waals surface area contributed by atoms with Gasteiger partial charge >= 0.3 is 0 Å². The fraction of sp³-hybridized carbons (Fsp3) is 0.316. The van der Waals surface area contributed by atoms with E-state index in [1.54, 1.807) is 0 Å². The summed E-state index contributed by atoms with van der Waals surface area (Å²) in [4.78, 5) is 11.8. The average molecular weight is 406 g/mol. The second-order valence-corrected chi connectivity index (χ2v) is 8.43. The normalized spacial score (nSPS) is 20.5. The molecule has 3 rings (SSSR count). The third-order valence-corrected chi connectivity index (χ3v) is 6.49. The Hall–Kier alpha value is -2.46. The highest BCUT2D eigenvalue weighted by atomic mass is 32.2. The zero-order chi connectivity index (χ0) is 20.1. The molecule has 0 radical (unpaired) electrons. The molecule has 0 bridgehead atoms. The van der Waals surface area contributed by atoms with Gasteiger partial charge in [0.15, 0.2) is 0 Å². The number of aliphatic hydroxyl groups is 1. The fourth-order valence-electron chi connectivity index (χ4n) is 3.11. The van der Waals surface area contributed by atoms with E-state index in [0.29, 0.717) is 12.4 Å². The number of hydrogen-bond acceptors (Lipinski definition) is 6. The average Bonchev–Trinajstić information content (AvgIpc) is 2.72. The van der Waals surface area contributed by atoms with Gasteiger partial charge in [-0.15, -0.1) is 0 Å². The lowest BCUT2D eigenvalue weighted by Crippen LogP contribution is -2.54. The number of hydrogen-bond donors (Lipinski definition) is 3. The van der Waals surface area contributed by atoms with E-state index in [0.717, 1.165) is 9.87 Å². The van der Waals surface area contributed by atoms with E-state index < -0.39 is 28.1 Å². The minimum Gasteiger partial charge on any atom is -0.489 e. The first kappa shape index (κ1) is 20.3. The van der Waals surface area contributed by atoms with Crippen LogP contribution < -0.4 is 10.2 Å². The molecular formula is C19H22N2O6S. The summed E-state index contributed by atoms with van der Waals surface area (Å²) in [7, 11) is -4.04. The topological polar surface area (TPSA) is 116 Å².